The van der Waals surface area contributed by atoms with Crippen LogP contribution in [-0.4, -0.2) is 35.2 Å². The van der Waals surface area contributed by atoms with E-state index < -0.39 is 5.60 Å². The lowest BCUT2D eigenvalue weighted by Gasteiger charge is -2.31. The Morgan fingerprint density at radius 1 is 1.07 bits per heavy atom. The van der Waals surface area contributed by atoms with Crippen molar-refractivity contribution in [2.45, 2.75) is 58.0 Å². The zero-order valence-electron chi connectivity index (χ0n) is 9.76. The molecule has 0 amide bonds. The van der Waals surface area contributed by atoms with Crippen molar-refractivity contribution in [1.29, 1.82) is 0 Å². The first-order valence-corrected chi connectivity index (χ1v) is 6.09. The lowest BCUT2D eigenvalue weighted by atomic mass is 10.0. The number of hydrogen-bond acceptors (Lipinski definition) is 2. The Hall–Kier alpha value is -0.0800. The first-order valence-electron chi connectivity index (χ1n) is 6.09. The first-order chi connectivity index (χ1) is 6.64. The molecule has 0 aromatic rings. The molecule has 2 heteroatoms. The molecule has 84 valence electrons. The van der Waals surface area contributed by atoms with E-state index in [4.69, 9.17) is 0 Å². The second-order valence-corrected chi connectivity index (χ2v) is 4.89. The monoisotopic (exact) mass is 199 g/mol. The Morgan fingerprint density at radius 2 is 1.57 bits per heavy atom. The second-order valence-electron chi connectivity index (χ2n) is 4.89. The molecule has 0 radical (unpaired) electrons. The molecule has 1 aliphatic rings. The van der Waals surface area contributed by atoms with Gasteiger partial charge in [-0.1, -0.05) is 26.2 Å². The van der Waals surface area contributed by atoms with E-state index in [1.165, 1.54) is 45.2 Å². The average molecular weight is 199 g/mol. The van der Waals surface area contributed by atoms with Crippen molar-refractivity contribution in [1.82, 2.24) is 4.90 Å². The molecule has 0 saturated carbocycles. The third-order valence-electron chi connectivity index (χ3n) is 3.27. The van der Waals surface area contributed by atoms with Crippen LogP contribution < -0.4 is 0 Å². The van der Waals surface area contributed by atoms with Crippen LogP contribution in [0.5, 0.6) is 0 Å². The highest BCUT2D eigenvalue weighted by molar-refractivity contribution is 4.76. The third-order valence-corrected chi connectivity index (χ3v) is 3.27. The molecular formula is C12H25NO. The van der Waals surface area contributed by atoms with Gasteiger partial charge < -0.3 is 10.0 Å². The molecular weight excluding hydrogens is 174 g/mol. The fourth-order valence-electron chi connectivity index (χ4n) is 2.06. The van der Waals surface area contributed by atoms with Crippen LogP contribution in [0.4, 0.5) is 0 Å². The van der Waals surface area contributed by atoms with Crippen molar-refractivity contribution in [2.24, 2.45) is 0 Å². The molecule has 1 fully saturated rings. The quantitative estimate of drug-likeness (QED) is 0.754. The van der Waals surface area contributed by atoms with Gasteiger partial charge in [-0.25, -0.2) is 0 Å². The first kappa shape index (κ1) is 12.0. The summed E-state index contributed by atoms with van der Waals surface area (Å²) in [6.07, 6.45) is 7.59. The molecule has 0 aliphatic carbocycles. The molecule has 1 aliphatic heterocycles. The Bertz CT molecular complexity index is 148. The van der Waals surface area contributed by atoms with E-state index in [0.29, 0.717) is 0 Å². The van der Waals surface area contributed by atoms with E-state index in [9.17, 15) is 5.11 Å². The number of likely N-dealkylation sites (tertiary alicyclic amines) is 1. The Labute approximate surface area is 88.3 Å². The Morgan fingerprint density at radius 3 is 2.07 bits per heavy atom. The van der Waals surface area contributed by atoms with Crippen molar-refractivity contribution in [2.75, 3.05) is 19.6 Å². The van der Waals surface area contributed by atoms with Crippen molar-refractivity contribution < 1.29 is 5.11 Å². The molecule has 0 aromatic heterocycles. The summed E-state index contributed by atoms with van der Waals surface area (Å²) < 4.78 is 0. The number of β-amino-alcohol motifs (C(OH)–C–C–N with tert-alkyl or cyclic N) is 1. The van der Waals surface area contributed by atoms with Crippen LogP contribution in [0.3, 0.4) is 0 Å². The van der Waals surface area contributed by atoms with Gasteiger partial charge in [0.05, 0.1) is 5.60 Å². The van der Waals surface area contributed by atoms with Gasteiger partial charge in [-0.2, -0.15) is 0 Å². The average Bonchev–Trinajstić information content (AvgIpc) is 2.10. The molecule has 1 atom stereocenters. The highest BCUT2D eigenvalue weighted by Crippen LogP contribution is 2.15. The fraction of sp³-hybridized carbons (Fsp3) is 1.00. The number of aliphatic hydroxyl groups is 1. The number of nitrogens with zero attached hydrogens (tertiary/aromatic N) is 1. The van der Waals surface area contributed by atoms with E-state index in [0.717, 1.165) is 13.0 Å². The molecule has 0 aromatic carbocycles. The van der Waals surface area contributed by atoms with Gasteiger partial charge in [0.2, 0.25) is 0 Å². The molecule has 1 unspecified atom stereocenters. The normalized spacial score (nSPS) is 25.1. The van der Waals surface area contributed by atoms with Crippen LogP contribution in [-0.2, 0) is 0 Å². The number of hydrogen-bond donors (Lipinski definition) is 1. The van der Waals surface area contributed by atoms with Gasteiger partial charge in [0.1, 0.15) is 0 Å². The van der Waals surface area contributed by atoms with Crippen LogP contribution in [0.25, 0.3) is 0 Å². The molecule has 1 rings (SSSR count). The van der Waals surface area contributed by atoms with E-state index in [1.807, 2.05) is 6.92 Å². The zero-order chi connectivity index (χ0) is 10.4. The summed E-state index contributed by atoms with van der Waals surface area (Å²) in [5, 5.41) is 10.00. The molecule has 1 saturated heterocycles. The maximum absolute atomic E-state index is 10.00. The molecule has 0 spiro atoms. The van der Waals surface area contributed by atoms with Gasteiger partial charge in [0, 0.05) is 6.54 Å². The second kappa shape index (κ2) is 5.72. The van der Waals surface area contributed by atoms with Crippen molar-refractivity contribution in [3.05, 3.63) is 0 Å². The van der Waals surface area contributed by atoms with Crippen LogP contribution >= 0.6 is 0 Å². The summed E-state index contributed by atoms with van der Waals surface area (Å²) in [7, 11) is 0. The molecule has 2 nitrogen and oxygen atoms in total. The van der Waals surface area contributed by atoms with Crippen LogP contribution in [0.2, 0.25) is 0 Å². The van der Waals surface area contributed by atoms with Crippen molar-refractivity contribution in [3.63, 3.8) is 0 Å². The lowest BCUT2D eigenvalue weighted by Crippen LogP contribution is -2.41. The van der Waals surface area contributed by atoms with Gasteiger partial charge in [-0.05, 0) is 39.3 Å². The Kier molecular flexibility index (Phi) is 4.90. The standard InChI is InChI=1S/C12H25NO/c1-3-12(2,14)11-13-9-7-5-4-6-8-10-13/h14H,3-11H2,1-2H3. The lowest BCUT2D eigenvalue weighted by molar-refractivity contribution is 0.0143. The molecule has 1 heterocycles. The molecule has 0 bridgehead atoms. The van der Waals surface area contributed by atoms with Crippen LogP contribution in [0.15, 0.2) is 0 Å². The summed E-state index contributed by atoms with van der Waals surface area (Å²) >= 11 is 0. The van der Waals surface area contributed by atoms with E-state index in [-0.39, 0.29) is 0 Å². The van der Waals surface area contributed by atoms with Crippen LogP contribution in [0.1, 0.15) is 52.4 Å². The van der Waals surface area contributed by atoms with Gasteiger partial charge in [-0.15, -0.1) is 0 Å². The zero-order valence-corrected chi connectivity index (χ0v) is 9.76. The van der Waals surface area contributed by atoms with Gasteiger partial charge in [0.15, 0.2) is 0 Å². The van der Waals surface area contributed by atoms with Crippen molar-refractivity contribution in [3.8, 4) is 0 Å². The summed E-state index contributed by atoms with van der Waals surface area (Å²) in [5.41, 5.74) is -0.487. The van der Waals surface area contributed by atoms with E-state index in [2.05, 4.69) is 11.8 Å². The van der Waals surface area contributed by atoms with Crippen LogP contribution in [0, 0.1) is 0 Å². The minimum absolute atomic E-state index is 0.487. The molecule has 14 heavy (non-hydrogen) atoms. The largest absolute Gasteiger partial charge is 0.389 e. The Balaban J connectivity index is 2.33. The summed E-state index contributed by atoms with van der Waals surface area (Å²) in [5.74, 6) is 0. The van der Waals surface area contributed by atoms with Gasteiger partial charge in [0.25, 0.3) is 0 Å². The van der Waals surface area contributed by atoms with Crippen molar-refractivity contribution >= 4 is 0 Å². The predicted octanol–water partition coefficient (Wildman–Crippen LogP) is 2.41. The number of rotatable bonds is 3. The highest BCUT2D eigenvalue weighted by Gasteiger charge is 2.21. The smallest absolute Gasteiger partial charge is 0.0743 e. The molecule has 1 N–H and O–H groups in total. The topological polar surface area (TPSA) is 23.5 Å². The third kappa shape index (κ3) is 4.43. The maximum Gasteiger partial charge on any atom is 0.0743 e. The minimum Gasteiger partial charge on any atom is -0.389 e. The fourth-order valence-corrected chi connectivity index (χ4v) is 2.06. The highest BCUT2D eigenvalue weighted by atomic mass is 16.3. The van der Waals surface area contributed by atoms with Gasteiger partial charge in [-0.3, -0.25) is 0 Å². The van der Waals surface area contributed by atoms with Gasteiger partial charge >= 0.3 is 0 Å². The summed E-state index contributed by atoms with van der Waals surface area (Å²) in [6, 6.07) is 0. The minimum atomic E-state index is -0.487. The maximum atomic E-state index is 10.00. The van der Waals surface area contributed by atoms with E-state index >= 15 is 0 Å². The summed E-state index contributed by atoms with van der Waals surface area (Å²) in [4.78, 5) is 2.43. The van der Waals surface area contributed by atoms with E-state index in [1.54, 1.807) is 0 Å². The summed E-state index contributed by atoms with van der Waals surface area (Å²) in [6.45, 7) is 7.21. The predicted molar refractivity (Wildman–Crippen MR) is 60.4 cm³/mol. The SMILES string of the molecule is CCC(C)(O)CN1CCCCCCC1.